The van der Waals surface area contributed by atoms with Crippen molar-refractivity contribution >= 4 is 17.5 Å². The molecule has 11 heteroatoms. The van der Waals surface area contributed by atoms with Crippen molar-refractivity contribution < 1.29 is 28.5 Å². The molecule has 186 valence electrons. The van der Waals surface area contributed by atoms with Gasteiger partial charge in [-0.3, -0.25) is 4.79 Å². The molecule has 1 aliphatic rings. The number of halogens is 2. The fourth-order valence-corrected chi connectivity index (χ4v) is 3.80. The van der Waals surface area contributed by atoms with E-state index in [4.69, 9.17) is 9.84 Å². The first-order valence-corrected chi connectivity index (χ1v) is 11.1. The highest BCUT2D eigenvalue weighted by molar-refractivity contribution is 5.81. The van der Waals surface area contributed by atoms with Crippen LogP contribution >= 0.6 is 0 Å². The van der Waals surface area contributed by atoms with E-state index in [0.717, 1.165) is 10.6 Å². The molecular weight excluding hydrogens is 472 g/mol. The summed E-state index contributed by atoms with van der Waals surface area (Å²) < 4.78 is 35.1. The molecule has 3 N–H and O–H groups in total. The largest absolute Gasteiger partial charge is 0.483 e. The highest BCUT2D eigenvalue weighted by Gasteiger charge is 2.48. The van der Waals surface area contributed by atoms with Crippen LogP contribution in [0.3, 0.4) is 0 Å². The van der Waals surface area contributed by atoms with Gasteiger partial charge in [-0.2, -0.15) is 5.26 Å². The summed E-state index contributed by atoms with van der Waals surface area (Å²) in [6.45, 7) is -1.91. The normalized spacial score (nSPS) is 17.6. The van der Waals surface area contributed by atoms with E-state index in [1.165, 1.54) is 12.1 Å². The van der Waals surface area contributed by atoms with E-state index in [-0.39, 0.29) is 24.3 Å². The molecule has 4 rings (SSSR count). The number of aromatic nitrogens is 2. The number of amides is 1. The minimum absolute atomic E-state index is 0.0159. The second kappa shape index (κ2) is 10.6. The van der Waals surface area contributed by atoms with Crippen molar-refractivity contribution in [2.75, 3.05) is 25.0 Å². The van der Waals surface area contributed by atoms with Gasteiger partial charge in [0, 0.05) is 30.4 Å². The van der Waals surface area contributed by atoms with Crippen molar-refractivity contribution in [1.82, 2.24) is 14.9 Å². The van der Waals surface area contributed by atoms with E-state index in [1.807, 2.05) is 36.4 Å². The zero-order chi connectivity index (χ0) is 25.7. The summed E-state index contributed by atoms with van der Waals surface area (Å²) in [7, 11) is 0. The first-order chi connectivity index (χ1) is 17.3. The SMILES string of the molecule is N#Cc1cc(-c2ccnc(Nc3ccccc3)n2)ccc1OC1CCN(C(=O)[C@@H](O)CO)CC1(F)F. The number of alkyl halides is 2. The van der Waals surface area contributed by atoms with Crippen LogP contribution < -0.4 is 10.1 Å². The molecule has 1 amide bonds. The Morgan fingerprint density at radius 3 is 2.75 bits per heavy atom. The molecule has 36 heavy (non-hydrogen) atoms. The summed E-state index contributed by atoms with van der Waals surface area (Å²) in [5, 5.41) is 31.1. The Bertz CT molecular complexity index is 1270. The van der Waals surface area contributed by atoms with Gasteiger partial charge in [-0.15, -0.1) is 0 Å². The predicted molar refractivity (Wildman–Crippen MR) is 126 cm³/mol. The molecule has 0 radical (unpaired) electrons. The van der Waals surface area contributed by atoms with Crippen molar-refractivity contribution in [3.05, 3.63) is 66.4 Å². The molecule has 1 aliphatic heterocycles. The van der Waals surface area contributed by atoms with Crippen LogP contribution in [-0.4, -0.2) is 68.8 Å². The van der Waals surface area contributed by atoms with E-state index < -0.39 is 37.2 Å². The number of likely N-dealkylation sites (tertiary alicyclic amines) is 1. The summed E-state index contributed by atoms with van der Waals surface area (Å²) in [6, 6.07) is 17.5. The smallest absolute Gasteiger partial charge is 0.301 e. The van der Waals surface area contributed by atoms with Crippen LogP contribution in [0, 0.1) is 11.3 Å². The quantitative estimate of drug-likeness (QED) is 0.456. The standard InChI is InChI=1S/C25H23F2N5O4/c26-25(27)15-32(23(35)20(34)14-33)11-9-22(25)36-21-7-6-16(12-17(21)13-28)19-8-10-29-24(31-19)30-18-4-2-1-3-5-18/h1-8,10,12,20,22,33-34H,9,11,14-15H2,(H,29,30,31)/t20-,22?/m0/s1. The molecule has 1 fully saturated rings. The molecule has 0 aliphatic carbocycles. The molecule has 0 saturated carbocycles. The number of piperidine rings is 1. The van der Waals surface area contributed by atoms with Crippen LogP contribution in [-0.2, 0) is 4.79 Å². The van der Waals surface area contributed by atoms with Gasteiger partial charge in [0.2, 0.25) is 5.95 Å². The number of carbonyl (C=O) groups is 1. The molecule has 1 unspecified atom stereocenters. The summed E-state index contributed by atoms with van der Waals surface area (Å²) in [5.74, 6) is -4.06. The van der Waals surface area contributed by atoms with Crippen molar-refractivity contribution in [2.45, 2.75) is 24.6 Å². The van der Waals surface area contributed by atoms with E-state index in [2.05, 4.69) is 15.3 Å². The highest BCUT2D eigenvalue weighted by Crippen LogP contribution is 2.34. The van der Waals surface area contributed by atoms with Crippen LogP contribution in [0.25, 0.3) is 11.3 Å². The van der Waals surface area contributed by atoms with Gasteiger partial charge < -0.3 is 25.2 Å². The monoisotopic (exact) mass is 495 g/mol. The Hall–Kier alpha value is -4.14. The van der Waals surface area contributed by atoms with E-state index in [9.17, 15) is 23.9 Å². The number of hydrogen-bond acceptors (Lipinski definition) is 8. The van der Waals surface area contributed by atoms with Crippen molar-refractivity contribution in [3.63, 3.8) is 0 Å². The predicted octanol–water partition coefficient (Wildman–Crippen LogP) is 2.73. The molecule has 2 heterocycles. The lowest BCUT2D eigenvalue weighted by Crippen LogP contribution is -2.57. The molecule has 3 aromatic rings. The topological polar surface area (TPSA) is 132 Å². The lowest BCUT2D eigenvalue weighted by Gasteiger charge is -2.38. The number of aliphatic hydroxyl groups excluding tert-OH is 2. The van der Waals surface area contributed by atoms with Crippen molar-refractivity contribution in [1.29, 1.82) is 5.26 Å². The fourth-order valence-electron chi connectivity index (χ4n) is 3.80. The zero-order valence-electron chi connectivity index (χ0n) is 19.0. The lowest BCUT2D eigenvalue weighted by atomic mass is 10.0. The Morgan fingerprint density at radius 1 is 1.28 bits per heavy atom. The Morgan fingerprint density at radius 2 is 2.06 bits per heavy atom. The van der Waals surface area contributed by atoms with E-state index in [0.29, 0.717) is 17.2 Å². The van der Waals surface area contributed by atoms with Crippen LogP contribution in [0.2, 0.25) is 0 Å². The molecule has 1 saturated heterocycles. The number of benzene rings is 2. The number of ether oxygens (including phenoxy) is 1. The molecule has 0 bridgehead atoms. The average molecular weight is 495 g/mol. The summed E-state index contributed by atoms with van der Waals surface area (Å²) in [5.41, 5.74) is 1.94. The second-order valence-corrected chi connectivity index (χ2v) is 8.19. The fraction of sp³-hybridized carbons (Fsp3) is 0.280. The number of aliphatic hydroxyl groups is 2. The Labute approximate surface area is 205 Å². The van der Waals surface area contributed by atoms with E-state index >= 15 is 0 Å². The summed E-state index contributed by atoms with van der Waals surface area (Å²) in [4.78, 5) is 21.4. The Balaban J connectivity index is 1.50. The third-order valence-electron chi connectivity index (χ3n) is 5.65. The number of para-hydroxylation sites is 1. The van der Waals surface area contributed by atoms with Crippen molar-refractivity contribution in [3.8, 4) is 23.1 Å². The second-order valence-electron chi connectivity index (χ2n) is 8.19. The lowest BCUT2D eigenvalue weighted by molar-refractivity contribution is -0.167. The maximum absolute atomic E-state index is 14.8. The minimum Gasteiger partial charge on any atom is -0.483 e. The number of hydrogen-bond donors (Lipinski definition) is 3. The van der Waals surface area contributed by atoms with Gasteiger partial charge in [0.05, 0.1) is 24.4 Å². The summed E-state index contributed by atoms with van der Waals surface area (Å²) in [6.07, 6.45) is -1.98. The van der Waals surface area contributed by atoms with Crippen LogP contribution in [0.15, 0.2) is 60.8 Å². The van der Waals surface area contributed by atoms with Gasteiger partial charge in [0.25, 0.3) is 5.91 Å². The number of nitrogens with zero attached hydrogens (tertiary/aromatic N) is 4. The number of nitrogens with one attached hydrogen (secondary N) is 1. The maximum atomic E-state index is 14.8. The number of carbonyl (C=O) groups excluding carboxylic acids is 1. The Kier molecular flexibility index (Phi) is 7.38. The van der Waals surface area contributed by atoms with Crippen molar-refractivity contribution in [2.24, 2.45) is 0 Å². The van der Waals surface area contributed by atoms with Gasteiger partial charge in [0.15, 0.2) is 12.2 Å². The number of anilines is 2. The first-order valence-electron chi connectivity index (χ1n) is 11.1. The minimum atomic E-state index is -3.43. The average Bonchev–Trinajstić information content (AvgIpc) is 2.89. The summed E-state index contributed by atoms with van der Waals surface area (Å²) >= 11 is 0. The van der Waals surface area contributed by atoms with Gasteiger partial charge in [-0.25, -0.2) is 18.7 Å². The number of nitriles is 1. The van der Waals surface area contributed by atoms with Gasteiger partial charge in [0.1, 0.15) is 11.8 Å². The third kappa shape index (κ3) is 5.56. The maximum Gasteiger partial charge on any atom is 0.301 e. The molecule has 2 atom stereocenters. The molecule has 1 aromatic heterocycles. The third-order valence-corrected chi connectivity index (χ3v) is 5.65. The van der Waals surface area contributed by atoms with Gasteiger partial charge >= 0.3 is 5.92 Å². The molecular formula is C25H23F2N5O4. The molecule has 0 spiro atoms. The van der Waals surface area contributed by atoms with Crippen LogP contribution in [0.5, 0.6) is 5.75 Å². The highest BCUT2D eigenvalue weighted by atomic mass is 19.3. The van der Waals surface area contributed by atoms with Crippen LogP contribution in [0.4, 0.5) is 20.4 Å². The van der Waals surface area contributed by atoms with E-state index in [1.54, 1.807) is 18.3 Å². The first kappa shape index (κ1) is 25.0. The zero-order valence-corrected chi connectivity index (χ0v) is 19.0. The molecule has 2 aromatic carbocycles. The van der Waals surface area contributed by atoms with Crippen LogP contribution in [0.1, 0.15) is 12.0 Å². The van der Waals surface area contributed by atoms with Gasteiger partial charge in [-0.1, -0.05) is 18.2 Å². The molecule has 9 nitrogen and oxygen atoms in total. The number of rotatable bonds is 7. The van der Waals surface area contributed by atoms with Gasteiger partial charge in [-0.05, 0) is 36.4 Å².